The van der Waals surface area contributed by atoms with Gasteiger partial charge in [-0.25, -0.2) is 4.39 Å². The SMILES string of the molecule is Fc1ccc([C@@H]2NCCn3cccc32)cc1. The van der Waals surface area contributed by atoms with Crippen LogP contribution < -0.4 is 5.32 Å². The number of hydrogen-bond donors (Lipinski definition) is 1. The normalized spacial score (nSPS) is 19.4. The predicted molar refractivity (Wildman–Crippen MR) is 60.7 cm³/mol. The van der Waals surface area contributed by atoms with Crippen LogP contribution in [0.4, 0.5) is 4.39 Å². The van der Waals surface area contributed by atoms with E-state index >= 15 is 0 Å². The van der Waals surface area contributed by atoms with Gasteiger partial charge in [0, 0.05) is 25.0 Å². The lowest BCUT2D eigenvalue weighted by atomic mass is 10.0. The maximum Gasteiger partial charge on any atom is 0.123 e. The minimum atomic E-state index is -0.185. The molecule has 82 valence electrons. The maximum atomic E-state index is 12.9. The summed E-state index contributed by atoms with van der Waals surface area (Å²) >= 11 is 0. The molecular formula is C13H13FN2. The molecule has 1 aliphatic rings. The van der Waals surface area contributed by atoms with Crippen LogP contribution in [-0.4, -0.2) is 11.1 Å². The Balaban J connectivity index is 2.00. The van der Waals surface area contributed by atoms with Gasteiger partial charge in [0.1, 0.15) is 5.82 Å². The molecule has 3 rings (SSSR count). The Morgan fingerprint density at radius 1 is 1.19 bits per heavy atom. The summed E-state index contributed by atoms with van der Waals surface area (Å²) in [6.45, 7) is 1.95. The van der Waals surface area contributed by atoms with E-state index in [4.69, 9.17) is 0 Å². The highest BCUT2D eigenvalue weighted by atomic mass is 19.1. The summed E-state index contributed by atoms with van der Waals surface area (Å²) in [6.07, 6.45) is 2.09. The van der Waals surface area contributed by atoms with Gasteiger partial charge < -0.3 is 9.88 Å². The minimum absolute atomic E-state index is 0.185. The second-order valence-electron chi connectivity index (χ2n) is 4.07. The first-order valence-electron chi connectivity index (χ1n) is 5.48. The van der Waals surface area contributed by atoms with E-state index in [2.05, 4.69) is 28.2 Å². The molecule has 0 saturated heterocycles. The molecule has 1 N–H and O–H groups in total. The summed E-state index contributed by atoms with van der Waals surface area (Å²) in [5.41, 5.74) is 2.36. The molecule has 0 radical (unpaired) electrons. The Morgan fingerprint density at radius 3 is 2.81 bits per heavy atom. The molecule has 2 heterocycles. The van der Waals surface area contributed by atoms with Crippen molar-refractivity contribution < 1.29 is 4.39 Å². The molecule has 3 heteroatoms. The van der Waals surface area contributed by atoms with E-state index in [9.17, 15) is 4.39 Å². The molecule has 0 spiro atoms. The van der Waals surface area contributed by atoms with Gasteiger partial charge in [-0.1, -0.05) is 12.1 Å². The number of halogens is 1. The van der Waals surface area contributed by atoms with Crippen molar-refractivity contribution in [3.05, 3.63) is 59.7 Å². The lowest BCUT2D eigenvalue weighted by molar-refractivity contribution is 0.467. The van der Waals surface area contributed by atoms with Crippen LogP contribution in [0, 0.1) is 5.82 Å². The van der Waals surface area contributed by atoms with E-state index in [1.807, 2.05) is 12.1 Å². The molecule has 2 aromatic rings. The zero-order valence-corrected chi connectivity index (χ0v) is 8.86. The summed E-state index contributed by atoms with van der Waals surface area (Å²) in [5, 5.41) is 3.45. The lowest BCUT2D eigenvalue weighted by Gasteiger charge is -2.26. The fourth-order valence-electron chi connectivity index (χ4n) is 2.27. The second kappa shape index (κ2) is 3.76. The van der Waals surface area contributed by atoms with Crippen LogP contribution in [0.2, 0.25) is 0 Å². The minimum Gasteiger partial charge on any atom is -0.348 e. The number of benzene rings is 1. The fourth-order valence-corrected chi connectivity index (χ4v) is 2.27. The molecule has 0 fully saturated rings. The van der Waals surface area contributed by atoms with Crippen LogP contribution in [0.5, 0.6) is 0 Å². The Bertz CT molecular complexity index is 487. The largest absolute Gasteiger partial charge is 0.348 e. The van der Waals surface area contributed by atoms with E-state index in [0.29, 0.717) is 0 Å². The lowest BCUT2D eigenvalue weighted by Crippen LogP contribution is -2.33. The number of nitrogens with zero attached hydrogens (tertiary/aromatic N) is 1. The third-order valence-electron chi connectivity index (χ3n) is 3.06. The molecule has 0 bridgehead atoms. The number of rotatable bonds is 1. The van der Waals surface area contributed by atoms with Crippen molar-refractivity contribution in [2.75, 3.05) is 6.54 Å². The fraction of sp³-hybridized carbons (Fsp3) is 0.231. The van der Waals surface area contributed by atoms with Crippen molar-refractivity contribution in [1.82, 2.24) is 9.88 Å². The zero-order chi connectivity index (χ0) is 11.0. The van der Waals surface area contributed by atoms with Crippen molar-refractivity contribution in [2.24, 2.45) is 0 Å². The highest BCUT2D eigenvalue weighted by Gasteiger charge is 2.20. The maximum absolute atomic E-state index is 12.9. The van der Waals surface area contributed by atoms with Crippen LogP contribution in [0.15, 0.2) is 42.6 Å². The molecule has 2 nitrogen and oxygen atoms in total. The molecule has 16 heavy (non-hydrogen) atoms. The highest BCUT2D eigenvalue weighted by molar-refractivity contribution is 5.30. The van der Waals surface area contributed by atoms with Crippen molar-refractivity contribution in [3.63, 3.8) is 0 Å². The number of nitrogens with one attached hydrogen (secondary N) is 1. The van der Waals surface area contributed by atoms with Gasteiger partial charge in [0.15, 0.2) is 0 Å². The number of fused-ring (bicyclic) bond motifs is 1. The van der Waals surface area contributed by atoms with Gasteiger partial charge in [-0.15, -0.1) is 0 Å². The van der Waals surface area contributed by atoms with Gasteiger partial charge >= 0.3 is 0 Å². The summed E-state index contributed by atoms with van der Waals surface area (Å²) < 4.78 is 15.1. The standard InChI is InChI=1S/C13H13FN2/c14-11-5-3-10(4-6-11)13-12-2-1-8-16(12)9-7-15-13/h1-6,8,13,15H,7,9H2/t13-/m0/s1. The Hall–Kier alpha value is -1.61. The zero-order valence-electron chi connectivity index (χ0n) is 8.86. The third kappa shape index (κ3) is 1.53. The summed E-state index contributed by atoms with van der Waals surface area (Å²) in [5.74, 6) is -0.185. The number of aromatic nitrogens is 1. The van der Waals surface area contributed by atoms with Crippen LogP contribution in [0.1, 0.15) is 17.3 Å². The summed E-state index contributed by atoms with van der Waals surface area (Å²) in [4.78, 5) is 0. The van der Waals surface area contributed by atoms with E-state index in [0.717, 1.165) is 18.7 Å². The van der Waals surface area contributed by atoms with Crippen molar-refractivity contribution in [3.8, 4) is 0 Å². The van der Waals surface area contributed by atoms with Crippen molar-refractivity contribution >= 4 is 0 Å². The Morgan fingerprint density at radius 2 is 2.00 bits per heavy atom. The summed E-state index contributed by atoms with van der Waals surface area (Å²) in [7, 11) is 0. The first kappa shape index (κ1) is 9.60. The monoisotopic (exact) mass is 216 g/mol. The molecule has 0 unspecified atom stereocenters. The van der Waals surface area contributed by atoms with Crippen LogP contribution in [0.3, 0.4) is 0 Å². The third-order valence-corrected chi connectivity index (χ3v) is 3.06. The van der Waals surface area contributed by atoms with Gasteiger partial charge in [-0.05, 0) is 29.8 Å². The molecule has 1 atom stereocenters. The predicted octanol–water partition coefficient (Wildman–Crippen LogP) is 2.32. The molecule has 0 saturated carbocycles. The Labute approximate surface area is 93.7 Å². The van der Waals surface area contributed by atoms with Crippen molar-refractivity contribution in [1.29, 1.82) is 0 Å². The van der Waals surface area contributed by atoms with E-state index in [-0.39, 0.29) is 11.9 Å². The second-order valence-corrected chi connectivity index (χ2v) is 4.07. The van der Waals surface area contributed by atoms with E-state index < -0.39 is 0 Å². The first-order valence-corrected chi connectivity index (χ1v) is 5.48. The molecule has 1 aromatic carbocycles. The molecule has 1 aromatic heterocycles. The average Bonchev–Trinajstić information content (AvgIpc) is 2.78. The van der Waals surface area contributed by atoms with Gasteiger partial charge in [0.2, 0.25) is 0 Å². The quantitative estimate of drug-likeness (QED) is 0.774. The van der Waals surface area contributed by atoms with Gasteiger partial charge in [0.05, 0.1) is 6.04 Å². The molecule has 0 aliphatic carbocycles. The number of hydrogen-bond acceptors (Lipinski definition) is 1. The highest BCUT2D eigenvalue weighted by Crippen LogP contribution is 2.25. The van der Waals surface area contributed by atoms with Crippen LogP contribution >= 0.6 is 0 Å². The van der Waals surface area contributed by atoms with Gasteiger partial charge in [-0.2, -0.15) is 0 Å². The molecular weight excluding hydrogens is 203 g/mol. The van der Waals surface area contributed by atoms with Crippen molar-refractivity contribution in [2.45, 2.75) is 12.6 Å². The smallest absolute Gasteiger partial charge is 0.123 e. The van der Waals surface area contributed by atoms with Gasteiger partial charge in [-0.3, -0.25) is 0 Å². The van der Waals surface area contributed by atoms with Crippen LogP contribution in [-0.2, 0) is 6.54 Å². The molecule has 0 amide bonds. The van der Waals surface area contributed by atoms with Gasteiger partial charge in [0.25, 0.3) is 0 Å². The first-order chi connectivity index (χ1) is 7.84. The van der Waals surface area contributed by atoms with E-state index in [1.165, 1.54) is 17.8 Å². The Kier molecular flexibility index (Phi) is 2.26. The topological polar surface area (TPSA) is 17.0 Å². The van der Waals surface area contributed by atoms with Crippen LogP contribution in [0.25, 0.3) is 0 Å². The molecule has 1 aliphatic heterocycles. The van der Waals surface area contributed by atoms with E-state index in [1.54, 1.807) is 0 Å². The average molecular weight is 216 g/mol. The summed E-state index contributed by atoms with van der Waals surface area (Å²) in [6, 6.07) is 11.1.